The summed E-state index contributed by atoms with van der Waals surface area (Å²) >= 11 is 0. The number of fused-ring (bicyclic) bond motifs is 3. The molecule has 12 nitrogen and oxygen atoms in total. The standard InChI is InChI=1S/C37H41FN8O4/c1-22-17-46(26-20-50-21-26)23(2)16-45(22)25-8-9-32(40-15-25)41-30-14-24(18-42(3)36(30)48)27-10-11-39-35(29(27)19-47)44-13-12-43-31-7-5-4-6-28(31)33(38)34(43)37(44)49/h8-11,14-15,18-19,22-23,26H,4-7,12-13,16-17,20-21H2,1-3H3,(H,40,41). The second-order valence-electron chi connectivity index (χ2n) is 13.9. The van der Waals surface area contributed by atoms with Crippen molar-refractivity contribution in [3.63, 3.8) is 0 Å². The number of aromatic nitrogens is 4. The Morgan fingerprint density at radius 2 is 1.84 bits per heavy atom. The Labute approximate surface area is 289 Å². The van der Waals surface area contributed by atoms with E-state index < -0.39 is 11.7 Å². The van der Waals surface area contributed by atoms with Crippen molar-refractivity contribution in [1.82, 2.24) is 24.0 Å². The van der Waals surface area contributed by atoms with E-state index in [9.17, 15) is 14.4 Å². The van der Waals surface area contributed by atoms with Crippen molar-refractivity contribution in [2.45, 2.75) is 64.2 Å². The summed E-state index contributed by atoms with van der Waals surface area (Å²) in [7, 11) is 1.64. The molecule has 50 heavy (non-hydrogen) atoms. The summed E-state index contributed by atoms with van der Waals surface area (Å²) in [5.41, 5.74) is 3.85. The molecule has 2 atom stereocenters. The van der Waals surface area contributed by atoms with E-state index >= 15 is 4.39 Å². The lowest BCUT2D eigenvalue weighted by Gasteiger charge is -2.50. The van der Waals surface area contributed by atoms with Gasteiger partial charge in [-0.15, -0.1) is 0 Å². The molecule has 0 bridgehead atoms. The number of aldehydes is 1. The van der Waals surface area contributed by atoms with Crippen molar-refractivity contribution in [2.24, 2.45) is 7.05 Å². The Morgan fingerprint density at radius 1 is 1.02 bits per heavy atom. The van der Waals surface area contributed by atoms with Crippen LogP contribution in [0, 0.1) is 5.82 Å². The van der Waals surface area contributed by atoms with Crippen molar-refractivity contribution in [3.05, 3.63) is 81.5 Å². The van der Waals surface area contributed by atoms with Gasteiger partial charge < -0.3 is 24.1 Å². The minimum Gasteiger partial charge on any atom is -0.378 e. The molecular formula is C37H41FN8O4. The summed E-state index contributed by atoms with van der Waals surface area (Å²) in [6.07, 6.45) is 8.91. The number of hydrogen-bond acceptors (Lipinski definition) is 9. The minimum absolute atomic E-state index is 0.0364. The van der Waals surface area contributed by atoms with Gasteiger partial charge in [-0.3, -0.25) is 24.2 Å². The van der Waals surface area contributed by atoms with Crippen LogP contribution in [-0.4, -0.2) is 87.2 Å². The molecule has 3 aliphatic heterocycles. The molecule has 4 aliphatic rings. The first-order valence-electron chi connectivity index (χ1n) is 17.4. The fraction of sp³-hybridized carbons (Fsp3) is 0.432. The van der Waals surface area contributed by atoms with Gasteiger partial charge in [-0.2, -0.15) is 0 Å². The topological polar surface area (TPSA) is 118 Å². The van der Waals surface area contributed by atoms with E-state index in [0.29, 0.717) is 59.9 Å². The third-order valence-electron chi connectivity index (χ3n) is 10.8. The molecular weight excluding hydrogens is 639 g/mol. The predicted octanol–water partition coefficient (Wildman–Crippen LogP) is 4.18. The van der Waals surface area contributed by atoms with E-state index in [2.05, 4.69) is 38.9 Å². The fourth-order valence-electron chi connectivity index (χ4n) is 8.11. The molecule has 0 saturated carbocycles. The summed E-state index contributed by atoms with van der Waals surface area (Å²) in [4.78, 5) is 55.1. The number of halogens is 1. The van der Waals surface area contributed by atoms with Gasteiger partial charge in [0.05, 0.1) is 36.7 Å². The molecule has 8 rings (SSSR count). The third kappa shape index (κ3) is 5.39. The lowest BCUT2D eigenvalue weighted by atomic mass is 9.97. The van der Waals surface area contributed by atoms with E-state index in [1.54, 1.807) is 25.4 Å². The van der Waals surface area contributed by atoms with Gasteiger partial charge in [0.15, 0.2) is 12.1 Å². The van der Waals surface area contributed by atoms with E-state index in [1.807, 2.05) is 22.9 Å². The summed E-state index contributed by atoms with van der Waals surface area (Å²) in [6.45, 7) is 8.59. The number of carbonyl (C=O) groups excluding carboxylic acids is 2. The Bertz CT molecular complexity index is 2040. The fourth-order valence-corrected chi connectivity index (χ4v) is 8.11. The molecule has 2 saturated heterocycles. The molecule has 13 heteroatoms. The van der Waals surface area contributed by atoms with Gasteiger partial charge >= 0.3 is 0 Å². The molecule has 0 aromatic carbocycles. The number of anilines is 4. The molecule has 1 aliphatic carbocycles. The van der Waals surface area contributed by atoms with Crippen molar-refractivity contribution in [1.29, 1.82) is 0 Å². The van der Waals surface area contributed by atoms with Crippen LogP contribution < -0.4 is 20.7 Å². The number of hydrogen-bond donors (Lipinski definition) is 1. The normalized spacial score (nSPS) is 21.1. The highest BCUT2D eigenvalue weighted by molar-refractivity contribution is 6.09. The smallest absolute Gasteiger partial charge is 0.279 e. The maximum atomic E-state index is 15.6. The van der Waals surface area contributed by atoms with Crippen LogP contribution in [0.1, 0.15) is 58.8 Å². The van der Waals surface area contributed by atoms with Crippen LogP contribution in [0.25, 0.3) is 11.1 Å². The number of nitrogens with one attached hydrogen (secondary N) is 1. The summed E-state index contributed by atoms with van der Waals surface area (Å²) < 4.78 is 24.2. The monoisotopic (exact) mass is 680 g/mol. The van der Waals surface area contributed by atoms with Gasteiger partial charge in [0, 0.05) is 74.5 Å². The first-order chi connectivity index (χ1) is 24.2. The maximum absolute atomic E-state index is 15.6. The summed E-state index contributed by atoms with van der Waals surface area (Å²) in [6, 6.07) is 8.42. The molecule has 4 aromatic heterocycles. The molecule has 4 aromatic rings. The third-order valence-corrected chi connectivity index (χ3v) is 10.8. The number of aryl methyl sites for hydroxylation is 1. The molecule has 1 N–H and O–H groups in total. The van der Waals surface area contributed by atoms with Crippen LogP contribution in [0.2, 0.25) is 0 Å². The Hall–Kier alpha value is -4.88. The van der Waals surface area contributed by atoms with E-state index in [-0.39, 0.29) is 34.9 Å². The number of nitrogens with zero attached hydrogens (tertiary/aromatic N) is 7. The molecule has 260 valence electrons. The summed E-state index contributed by atoms with van der Waals surface area (Å²) in [5.74, 6) is -0.295. The highest BCUT2D eigenvalue weighted by Crippen LogP contribution is 2.35. The van der Waals surface area contributed by atoms with Crippen LogP contribution in [-0.2, 0) is 31.2 Å². The zero-order valence-corrected chi connectivity index (χ0v) is 28.6. The average Bonchev–Trinajstić information content (AvgIpc) is 3.39. The number of ether oxygens (including phenoxy) is 1. The van der Waals surface area contributed by atoms with Crippen molar-refractivity contribution in [2.75, 3.05) is 48.0 Å². The molecule has 0 spiro atoms. The number of piperazine rings is 1. The Kier molecular flexibility index (Phi) is 8.26. The van der Waals surface area contributed by atoms with E-state index in [1.165, 1.54) is 15.7 Å². The van der Waals surface area contributed by atoms with Crippen molar-refractivity contribution < 1.29 is 18.7 Å². The van der Waals surface area contributed by atoms with Gasteiger partial charge in [0.25, 0.3) is 11.5 Å². The molecule has 1 amide bonds. The van der Waals surface area contributed by atoms with E-state index in [0.717, 1.165) is 56.9 Å². The lowest BCUT2D eigenvalue weighted by Crippen LogP contribution is -2.63. The second kappa shape index (κ2) is 12.8. The van der Waals surface area contributed by atoms with Crippen molar-refractivity contribution >= 4 is 35.2 Å². The van der Waals surface area contributed by atoms with Crippen LogP contribution in [0.5, 0.6) is 0 Å². The number of amides is 1. The number of rotatable bonds is 7. The summed E-state index contributed by atoms with van der Waals surface area (Å²) in [5, 5.41) is 3.18. The van der Waals surface area contributed by atoms with Crippen LogP contribution in [0.3, 0.4) is 0 Å². The average molecular weight is 681 g/mol. The molecule has 2 fully saturated rings. The predicted molar refractivity (Wildman–Crippen MR) is 188 cm³/mol. The van der Waals surface area contributed by atoms with Gasteiger partial charge in [-0.05, 0) is 69.4 Å². The highest BCUT2D eigenvalue weighted by atomic mass is 19.1. The van der Waals surface area contributed by atoms with Gasteiger partial charge in [-0.25, -0.2) is 14.4 Å². The number of carbonyl (C=O) groups is 2. The SMILES string of the molecule is CC1CN(C2COC2)C(C)CN1c1ccc(Nc2cc(-c3ccnc(N4CCn5c6c(c(F)c5C4=O)CCCC6)c3C=O)cn(C)c2=O)nc1. The zero-order valence-electron chi connectivity index (χ0n) is 28.6. The molecule has 7 heterocycles. The van der Waals surface area contributed by atoms with Crippen LogP contribution in [0.4, 0.5) is 27.4 Å². The first-order valence-corrected chi connectivity index (χ1v) is 17.4. The largest absolute Gasteiger partial charge is 0.378 e. The zero-order chi connectivity index (χ0) is 34.7. The Morgan fingerprint density at radius 3 is 2.58 bits per heavy atom. The van der Waals surface area contributed by atoms with Crippen LogP contribution in [0.15, 0.2) is 47.7 Å². The quantitative estimate of drug-likeness (QED) is 0.287. The maximum Gasteiger partial charge on any atom is 0.279 e. The number of pyridine rings is 3. The second-order valence-corrected chi connectivity index (χ2v) is 13.9. The Balaban J connectivity index is 1.05. The molecule has 0 radical (unpaired) electrons. The van der Waals surface area contributed by atoms with Gasteiger partial charge in [-0.1, -0.05) is 0 Å². The minimum atomic E-state index is -0.507. The van der Waals surface area contributed by atoms with Gasteiger partial charge in [0.2, 0.25) is 0 Å². The lowest BCUT2D eigenvalue weighted by molar-refractivity contribution is -0.0828. The van der Waals surface area contributed by atoms with Crippen LogP contribution >= 0.6 is 0 Å². The van der Waals surface area contributed by atoms with Gasteiger partial charge in [0.1, 0.15) is 23.0 Å². The van der Waals surface area contributed by atoms with E-state index in [4.69, 9.17) is 4.74 Å². The first kappa shape index (κ1) is 32.3. The highest BCUT2D eigenvalue weighted by Gasteiger charge is 2.38. The van der Waals surface area contributed by atoms with Crippen molar-refractivity contribution in [3.8, 4) is 11.1 Å². The molecule has 2 unspecified atom stereocenters.